The number of nitrogens with zero attached hydrogens (tertiary/aromatic N) is 1. The number of alkyl halides is 1. The smallest absolute Gasteiger partial charge is 0.110 e. The van der Waals surface area contributed by atoms with Gasteiger partial charge in [-0.15, -0.1) is 0 Å². The zero-order valence-corrected chi connectivity index (χ0v) is 8.15. The van der Waals surface area contributed by atoms with E-state index in [1.54, 1.807) is 6.92 Å². The second kappa shape index (κ2) is 4.70. The summed E-state index contributed by atoms with van der Waals surface area (Å²) in [5, 5.41) is 0. The average molecular weight is 161 g/mol. The Morgan fingerprint density at radius 3 is 1.82 bits per heavy atom. The quantitative estimate of drug-likeness (QED) is 0.527. The summed E-state index contributed by atoms with van der Waals surface area (Å²) in [6, 6.07) is 0. The van der Waals surface area contributed by atoms with Crippen molar-refractivity contribution < 1.29 is 4.39 Å². The minimum Gasteiger partial charge on any atom is -0.306 e. The molecule has 68 valence electrons. The van der Waals surface area contributed by atoms with E-state index < -0.39 is 5.67 Å². The third-order valence-corrected chi connectivity index (χ3v) is 2.03. The topological polar surface area (TPSA) is 3.24 Å². The molecule has 0 aromatic rings. The first-order valence-electron chi connectivity index (χ1n) is 4.48. The van der Waals surface area contributed by atoms with E-state index in [9.17, 15) is 4.39 Å². The minimum atomic E-state index is -0.882. The molecule has 1 fully saturated rings. The number of hydrogen-bond acceptors (Lipinski definition) is 1. The van der Waals surface area contributed by atoms with Crippen molar-refractivity contribution in [1.82, 2.24) is 4.90 Å². The van der Waals surface area contributed by atoms with Crippen LogP contribution in [0.2, 0.25) is 0 Å². The molecule has 1 heterocycles. The standard InChI is InChI=1S/C7H14FN.C2H6/c1-7(8)3-5-9(2)6-4-7;1-2/h3-6H2,1-2H3;1-2H3. The maximum absolute atomic E-state index is 13.0. The monoisotopic (exact) mass is 161 g/mol. The third kappa shape index (κ3) is 4.35. The summed E-state index contributed by atoms with van der Waals surface area (Å²) in [4.78, 5) is 2.17. The molecule has 0 bridgehead atoms. The van der Waals surface area contributed by atoms with Gasteiger partial charge in [-0.2, -0.15) is 0 Å². The molecule has 0 aromatic carbocycles. The Kier molecular flexibility index (Phi) is 4.66. The van der Waals surface area contributed by atoms with Crippen molar-refractivity contribution in [3.8, 4) is 0 Å². The molecule has 0 spiro atoms. The van der Waals surface area contributed by atoms with Crippen molar-refractivity contribution in [3.05, 3.63) is 0 Å². The Balaban J connectivity index is 0.000000461. The van der Waals surface area contributed by atoms with Crippen LogP contribution in [0.1, 0.15) is 33.6 Å². The summed E-state index contributed by atoms with van der Waals surface area (Å²) in [6.45, 7) is 7.51. The van der Waals surface area contributed by atoms with E-state index in [1.165, 1.54) is 0 Å². The number of hydrogen-bond donors (Lipinski definition) is 0. The molecule has 0 amide bonds. The van der Waals surface area contributed by atoms with Gasteiger partial charge in [-0.3, -0.25) is 0 Å². The molecule has 0 radical (unpaired) electrons. The Labute approximate surface area is 69.6 Å². The molecular weight excluding hydrogens is 141 g/mol. The summed E-state index contributed by atoms with van der Waals surface area (Å²) in [5.74, 6) is 0. The van der Waals surface area contributed by atoms with Crippen LogP contribution in [-0.2, 0) is 0 Å². The molecule has 0 saturated carbocycles. The van der Waals surface area contributed by atoms with E-state index in [0.717, 1.165) is 13.1 Å². The Hall–Kier alpha value is -0.110. The highest BCUT2D eigenvalue weighted by atomic mass is 19.1. The maximum atomic E-state index is 13.0. The molecule has 1 aliphatic heterocycles. The van der Waals surface area contributed by atoms with E-state index in [0.29, 0.717) is 12.8 Å². The van der Waals surface area contributed by atoms with Crippen LogP contribution >= 0.6 is 0 Å². The van der Waals surface area contributed by atoms with E-state index >= 15 is 0 Å². The minimum absolute atomic E-state index is 0.698. The zero-order chi connectivity index (χ0) is 8.91. The van der Waals surface area contributed by atoms with Crippen LogP contribution < -0.4 is 0 Å². The first kappa shape index (κ1) is 10.9. The number of piperidine rings is 1. The number of halogens is 1. The van der Waals surface area contributed by atoms with Gasteiger partial charge in [-0.05, 0) is 26.8 Å². The molecular formula is C9H20FN. The summed E-state index contributed by atoms with van der Waals surface area (Å²) in [7, 11) is 2.04. The molecule has 0 aromatic heterocycles. The largest absolute Gasteiger partial charge is 0.306 e. The average Bonchev–Trinajstić information content (AvgIpc) is 2.00. The second-order valence-electron chi connectivity index (χ2n) is 3.22. The second-order valence-corrected chi connectivity index (χ2v) is 3.22. The van der Waals surface area contributed by atoms with Crippen LogP contribution in [0.3, 0.4) is 0 Å². The van der Waals surface area contributed by atoms with Crippen molar-refractivity contribution in [3.63, 3.8) is 0 Å². The lowest BCUT2D eigenvalue weighted by molar-refractivity contribution is 0.0870. The van der Waals surface area contributed by atoms with Gasteiger partial charge in [0.15, 0.2) is 0 Å². The van der Waals surface area contributed by atoms with E-state index in [2.05, 4.69) is 4.90 Å². The fourth-order valence-electron chi connectivity index (χ4n) is 1.08. The highest BCUT2D eigenvalue weighted by Gasteiger charge is 2.27. The first-order valence-corrected chi connectivity index (χ1v) is 4.48. The molecule has 0 aliphatic carbocycles. The van der Waals surface area contributed by atoms with Crippen molar-refractivity contribution in [2.75, 3.05) is 20.1 Å². The van der Waals surface area contributed by atoms with E-state index in [1.807, 2.05) is 20.9 Å². The van der Waals surface area contributed by atoms with Gasteiger partial charge in [0, 0.05) is 13.1 Å². The summed E-state index contributed by atoms with van der Waals surface area (Å²) >= 11 is 0. The summed E-state index contributed by atoms with van der Waals surface area (Å²) < 4.78 is 13.0. The lowest BCUT2D eigenvalue weighted by atomic mass is 9.96. The van der Waals surface area contributed by atoms with Crippen LogP contribution in [-0.4, -0.2) is 30.7 Å². The predicted octanol–water partition coefficient (Wildman–Crippen LogP) is 2.47. The van der Waals surface area contributed by atoms with Crippen LogP contribution in [0.4, 0.5) is 4.39 Å². The van der Waals surface area contributed by atoms with Crippen molar-refractivity contribution in [1.29, 1.82) is 0 Å². The molecule has 0 N–H and O–H groups in total. The lowest BCUT2D eigenvalue weighted by Crippen LogP contribution is -2.37. The third-order valence-electron chi connectivity index (χ3n) is 2.03. The molecule has 2 heteroatoms. The molecule has 1 rings (SSSR count). The van der Waals surface area contributed by atoms with Crippen molar-refractivity contribution >= 4 is 0 Å². The molecule has 0 unspecified atom stereocenters. The number of likely N-dealkylation sites (tertiary alicyclic amines) is 1. The normalized spacial score (nSPS) is 23.7. The van der Waals surface area contributed by atoms with Crippen molar-refractivity contribution in [2.45, 2.75) is 39.3 Å². The van der Waals surface area contributed by atoms with Gasteiger partial charge in [-0.25, -0.2) is 4.39 Å². The highest BCUT2D eigenvalue weighted by molar-refractivity contribution is 4.80. The Morgan fingerprint density at radius 2 is 1.55 bits per heavy atom. The van der Waals surface area contributed by atoms with Crippen LogP contribution in [0.15, 0.2) is 0 Å². The SMILES string of the molecule is CC.CN1CCC(C)(F)CC1. The molecule has 1 saturated heterocycles. The van der Waals surface area contributed by atoms with Gasteiger partial charge in [0.05, 0.1) is 0 Å². The molecule has 0 atom stereocenters. The van der Waals surface area contributed by atoms with Gasteiger partial charge < -0.3 is 4.90 Å². The van der Waals surface area contributed by atoms with Crippen LogP contribution in [0, 0.1) is 0 Å². The lowest BCUT2D eigenvalue weighted by Gasteiger charge is -2.31. The Morgan fingerprint density at radius 1 is 1.18 bits per heavy atom. The van der Waals surface area contributed by atoms with Crippen molar-refractivity contribution in [2.24, 2.45) is 0 Å². The molecule has 1 nitrogen and oxygen atoms in total. The zero-order valence-electron chi connectivity index (χ0n) is 8.15. The van der Waals surface area contributed by atoms with Gasteiger partial charge in [0.2, 0.25) is 0 Å². The van der Waals surface area contributed by atoms with Gasteiger partial charge in [0.1, 0.15) is 5.67 Å². The van der Waals surface area contributed by atoms with E-state index in [-0.39, 0.29) is 0 Å². The number of rotatable bonds is 0. The van der Waals surface area contributed by atoms with Gasteiger partial charge >= 0.3 is 0 Å². The first-order chi connectivity index (χ1) is 5.10. The van der Waals surface area contributed by atoms with Gasteiger partial charge in [0.25, 0.3) is 0 Å². The summed E-state index contributed by atoms with van der Waals surface area (Å²) in [6.07, 6.45) is 1.40. The van der Waals surface area contributed by atoms with Crippen LogP contribution in [0.5, 0.6) is 0 Å². The summed E-state index contributed by atoms with van der Waals surface area (Å²) in [5.41, 5.74) is -0.882. The van der Waals surface area contributed by atoms with Crippen LogP contribution in [0.25, 0.3) is 0 Å². The fourth-order valence-corrected chi connectivity index (χ4v) is 1.08. The highest BCUT2D eigenvalue weighted by Crippen LogP contribution is 2.24. The molecule has 1 aliphatic rings. The Bertz CT molecular complexity index is 91.7. The van der Waals surface area contributed by atoms with E-state index in [4.69, 9.17) is 0 Å². The fraction of sp³-hybridized carbons (Fsp3) is 1.00. The maximum Gasteiger partial charge on any atom is 0.110 e. The molecule has 11 heavy (non-hydrogen) atoms. The van der Waals surface area contributed by atoms with Gasteiger partial charge in [-0.1, -0.05) is 13.8 Å². The predicted molar refractivity (Wildman–Crippen MR) is 47.6 cm³/mol.